The maximum Gasteiger partial charge on any atom is 0.303 e. The molecule has 25 heavy (non-hydrogen) atoms. The fourth-order valence-corrected chi connectivity index (χ4v) is 2.26. The summed E-state index contributed by atoms with van der Waals surface area (Å²) in [6.45, 7) is 4.44. The van der Waals surface area contributed by atoms with Gasteiger partial charge in [0.05, 0.1) is 12.2 Å². The average Bonchev–Trinajstić information content (AvgIpc) is 2.56. The van der Waals surface area contributed by atoms with Gasteiger partial charge in [-0.15, -0.1) is 0 Å². The standard InChI is InChI=1S/C21H34O4/c1-3-4-9-13-18(2)14-10-7-5-6-8-11-15-19(22)20(23)16-12-17-21(24)25/h5-8,10-11,14-15,18-20,22-23H,3-4,9,12-13,16-17H2,1-2H3,(H,24,25)/b7-5-,8-6+,14-10+,15-11+/t18?,19-,20+/m1/s1. The van der Waals surface area contributed by atoms with E-state index in [0.29, 0.717) is 12.3 Å². The van der Waals surface area contributed by atoms with Gasteiger partial charge in [-0.25, -0.2) is 0 Å². The SMILES string of the molecule is CCCCCC(C)/C=C/C=C\C=C\C=C\[C@@H](O)[C@@H](O)CCCC(=O)O. The lowest BCUT2D eigenvalue weighted by molar-refractivity contribution is -0.137. The Morgan fingerprint density at radius 1 is 0.880 bits per heavy atom. The number of aliphatic carboxylic acids is 1. The van der Waals surface area contributed by atoms with Crippen LogP contribution in [0.15, 0.2) is 48.6 Å². The van der Waals surface area contributed by atoms with E-state index in [4.69, 9.17) is 5.11 Å². The van der Waals surface area contributed by atoms with Gasteiger partial charge < -0.3 is 15.3 Å². The van der Waals surface area contributed by atoms with Crippen LogP contribution in [0.25, 0.3) is 0 Å². The number of aliphatic hydroxyl groups is 2. The van der Waals surface area contributed by atoms with Crippen molar-refractivity contribution in [2.24, 2.45) is 5.92 Å². The summed E-state index contributed by atoms with van der Waals surface area (Å²) in [6.07, 6.45) is 18.7. The number of hydrogen-bond donors (Lipinski definition) is 3. The highest BCUT2D eigenvalue weighted by Gasteiger charge is 2.12. The van der Waals surface area contributed by atoms with Crippen LogP contribution in [-0.4, -0.2) is 33.5 Å². The van der Waals surface area contributed by atoms with Crippen LogP contribution < -0.4 is 0 Å². The molecule has 0 fully saturated rings. The Kier molecular flexibility index (Phi) is 14.8. The maximum absolute atomic E-state index is 10.4. The number of carbonyl (C=O) groups is 1. The highest BCUT2D eigenvalue weighted by Crippen LogP contribution is 2.10. The number of unbranched alkanes of at least 4 members (excludes halogenated alkanes) is 2. The van der Waals surface area contributed by atoms with Crippen molar-refractivity contribution in [3.8, 4) is 0 Å². The minimum absolute atomic E-state index is 0.00291. The van der Waals surface area contributed by atoms with Crippen LogP contribution in [0.4, 0.5) is 0 Å². The monoisotopic (exact) mass is 350 g/mol. The molecule has 0 heterocycles. The summed E-state index contributed by atoms with van der Waals surface area (Å²) in [6, 6.07) is 0. The number of aliphatic hydroxyl groups excluding tert-OH is 2. The highest BCUT2D eigenvalue weighted by molar-refractivity contribution is 5.66. The van der Waals surface area contributed by atoms with Gasteiger partial charge in [0.1, 0.15) is 0 Å². The van der Waals surface area contributed by atoms with Gasteiger partial charge in [-0.1, -0.05) is 81.7 Å². The Bertz CT molecular complexity index is 449. The number of allylic oxidation sites excluding steroid dienone is 7. The van der Waals surface area contributed by atoms with Crippen molar-refractivity contribution in [3.63, 3.8) is 0 Å². The molecule has 0 rings (SSSR count). The Morgan fingerprint density at radius 3 is 2.08 bits per heavy atom. The first kappa shape index (κ1) is 23.4. The molecule has 142 valence electrons. The van der Waals surface area contributed by atoms with Gasteiger partial charge in [-0.2, -0.15) is 0 Å². The summed E-state index contributed by atoms with van der Waals surface area (Å²) in [5.41, 5.74) is 0. The molecule has 4 heteroatoms. The lowest BCUT2D eigenvalue weighted by atomic mass is 10.0. The summed E-state index contributed by atoms with van der Waals surface area (Å²) in [5.74, 6) is -0.297. The largest absolute Gasteiger partial charge is 0.481 e. The van der Waals surface area contributed by atoms with Crippen LogP contribution in [0.5, 0.6) is 0 Å². The van der Waals surface area contributed by atoms with Gasteiger partial charge >= 0.3 is 5.97 Å². The molecule has 0 aromatic rings. The van der Waals surface area contributed by atoms with Crippen LogP contribution in [0.3, 0.4) is 0 Å². The quantitative estimate of drug-likeness (QED) is 0.320. The van der Waals surface area contributed by atoms with E-state index in [1.54, 1.807) is 12.2 Å². The summed E-state index contributed by atoms with van der Waals surface area (Å²) < 4.78 is 0. The fraction of sp³-hybridized carbons (Fsp3) is 0.571. The van der Waals surface area contributed by atoms with E-state index in [9.17, 15) is 15.0 Å². The van der Waals surface area contributed by atoms with Gasteiger partial charge in [-0.05, 0) is 25.2 Å². The highest BCUT2D eigenvalue weighted by atomic mass is 16.4. The van der Waals surface area contributed by atoms with E-state index in [1.165, 1.54) is 31.8 Å². The third-order valence-electron chi connectivity index (χ3n) is 3.85. The van der Waals surface area contributed by atoms with Crippen molar-refractivity contribution in [1.82, 2.24) is 0 Å². The first-order valence-electron chi connectivity index (χ1n) is 9.23. The maximum atomic E-state index is 10.4. The Balaban J connectivity index is 3.97. The summed E-state index contributed by atoms with van der Waals surface area (Å²) in [7, 11) is 0. The van der Waals surface area contributed by atoms with E-state index >= 15 is 0 Å². The molecule has 0 aliphatic heterocycles. The van der Waals surface area contributed by atoms with E-state index in [2.05, 4.69) is 19.9 Å². The van der Waals surface area contributed by atoms with Crippen LogP contribution >= 0.6 is 0 Å². The molecular formula is C21H34O4. The zero-order valence-corrected chi connectivity index (χ0v) is 15.6. The van der Waals surface area contributed by atoms with Crippen molar-refractivity contribution in [2.75, 3.05) is 0 Å². The van der Waals surface area contributed by atoms with Gasteiger partial charge in [0.2, 0.25) is 0 Å². The molecule has 0 bridgehead atoms. The Hall–Kier alpha value is -1.65. The second-order valence-electron chi connectivity index (χ2n) is 6.36. The van der Waals surface area contributed by atoms with Crippen LogP contribution in [0.1, 0.15) is 58.8 Å². The van der Waals surface area contributed by atoms with Gasteiger partial charge in [0.15, 0.2) is 0 Å². The molecular weight excluding hydrogens is 316 g/mol. The molecule has 0 saturated heterocycles. The van der Waals surface area contributed by atoms with Crippen molar-refractivity contribution < 1.29 is 20.1 Å². The molecule has 0 aliphatic carbocycles. The van der Waals surface area contributed by atoms with Crippen molar-refractivity contribution in [3.05, 3.63) is 48.6 Å². The van der Waals surface area contributed by atoms with Gasteiger partial charge in [0, 0.05) is 6.42 Å². The normalized spacial score (nSPS) is 16.3. The molecule has 0 aromatic carbocycles. The smallest absolute Gasteiger partial charge is 0.303 e. The molecule has 4 nitrogen and oxygen atoms in total. The molecule has 0 radical (unpaired) electrons. The Morgan fingerprint density at radius 2 is 1.48 bits per heavy atom. The third kappa shape index (κ3) is 15.6. The zero-order valence-electron chi connectivity index (χ0n) is 15.6. The van der Waals surface area contributed by atoms with E-state index in [-0.39, 0.29) is 12.8 Å². The second-order valence-corrected chi connectivity index (χ2v) is 6.36. The zero-order chi connectivity index (χ0) is 18.9. The predicted octanol–water partition coefficient (Wildman–Crippen LogP) is 4.40. The predicted molar refractivity (Wildman–Crippen MR) is 103 cm³/mol. The lowest BCUT2D eigenvalue weighted by Crippen LogP contribution is -2.23. The van der Waals surface area contributed by atoms with Crippen molar-refractivity contribution in [1.29, 1.82) is 0 Å². The molecule has 3 N–H and O–H groups in total. The first-order chi connectivity index (χ1) is 12.0. The number of carboxylic acid groups (broad SMARTS) is 1. The minimum Gasteiger partial charge on any atom is -0.481 e. The summed E-state index contributed by atoms with van der Waals surface area (Å²) in [4.78, 5) is 10.4. The third-order valence-corrected chi connectivity index (χ3v) is 3.85. The topological polar surface area (TPSA) is 77.8 Å². The van der Waals surface area contributed by atoms with Crippen LogP contribution in [0.2, 0.25) is 0 Å². The van der Waals surface area contributed by atoms with Crippen molar-refractivity contribution >= 4 is 5.97 Å². The minimum atomic E-state index is -0.980. The molecule has 0 amide bonds. The van der Waals surface area contributed by atoms with Gasteiger partial charge in [-0.3, -0.25) is 4.79 Å². The fourth-order valence-electron chi connectivity index (χ4n) is 2.26. The summed E-state index contributed by atoms with van der Waals surface area (Å²) in [5, 5.41) is 27.9. The molecule has 3 atom stereocenters. The molecule has 1 unspecified atom stereocenters. The number of rotatable bonds is 14. The first-order valence-corrected chi connectivity index (χ1v) is 9.23. The second kappa shape index (κ2) is 15.9. The van der Waals surface area contributed by atoms with Crippen molar-refractivity contribution in [2.45, 2.75) is 71.0 Å². The van der Waals surface area contributed by atoms with Gasteiger partial charge in [0.25, 0.3) is 0 Å². The van der Waals surface area contributed by atoms with E-state index in [0.717, 1.165) is 0 Å². The molecule has 0 spiro atoms. The van der Waals surface area contributed by atoms with E-state index < -0.39 is 18.2 Å². The number of carboxylic acids is 1. The number of hydrogen-bond acceptors (Lipinski definition) is 3. The van der Waals surface area contributed by atoms with E-state index in [1.807, 2.05) is 24.3 Å². The van der Waals surface area contributed by atoms with Crippen LogP contribution in [0, 0.1) is 5.92 Å². The summed E-state index contributed by atoms with van der Waals surface area (Å²) >= 11 is 0. The Labute approximate surface area is 152 Å². The molecule has 0 saturated carbocycles. The molecule has 0 aromatic heterocycles. The van der Waals surface area contributed by atoms with Crippen LogP contribution in [-0.2, 0) is 4.79 Å². The average molecular weight is 350 g/mol. The lowest BCUT2D eigenvalue weighted by Gasteiger charge is -2.13. The molecule has 0 aliphatic rings.